The molecule has 1 aliphatic rings. The second-order valence-corrected chi connectivity index (χ2v) is 9.39. The molecule has 1 fully saturated rings. The Morgan fingerprint density at radius 2 is 2.14 bits per heavy atom. The zero-order valence-corrected chi connectivity index (χ0v) is 20.6. The maximum absolute atomic E-state index is 13.1. The normalized spacial score (nSPS) is 17.0. The first kappa shape index (κ1) is 26.0. The lowest BCUT2D eigenvalue weighted by molar-refractivity contribution is -0.141. The highest BCUT2D eigenvalue weighted by atomic mass is 32.1. The van der Waals surface area contributed by atoms with Crippen LogP contribution < -0.4 is 15.4 Å². The molecule has 0 saturated carbocycles. The first-order chi connectivity index (χ1) is 17.2. The molecule has 2 atom stereocenters. The Labute approximate surface area is 210 Å². The van der Waals surface area contributed by atoms with Crippen LogP contribution in [0.15, 0.2) is 36.5 Å². The summed E-state index contributed by atoms with van der Waals surface area (Å²) in [5.41, 5.74) is 0.168. The van der Waals surface area contributed by atoms with Gasteiger partial charge >= 0.3 is 6.18 Å². The van der Waals surface area contributed by atoms with E-state index in [1.165, 1.54) is 17.4 Å². The number of carbonyl (C=O) groups excluding carboxylic acids is 1. The average Bonchev–Trinajstić information content (AvgIpc) is 3.37. The first-order valence-electron chi connectivity index (χ1n) is 11.5. The average molecular weight is 522 g/mol. The predicted octanol–water partition coefficient (Wildman–Crippen LogP) is 4.04. The molecule has 1 amide bonds. The Balaban J connectivity index is 1.53. The van der Waals surface area contributed by atoms with Gasteiger partial charge in [-0.15, -0.1) is 16.4 Å². The SMILES string of the molecule is CCc1cnc(-c2cc(OC[C@H]3CNCCO3)cc(C(=O)NC(C)c3ccc(C(F)(F)F)nn3)c2)s1. The third-order valence-electron chi connectivity index (χ3n) is 5.52. The Morgan fingerprint density at radius 1 is 1.31 bits per heavy atom. The van der Waals surface area contributed by atoms with Gasteiger partial charge in [-0.25, -0.2) is 4.98 Å². The Kier molecular flexibility index (Phi) is 8.17. The standard InChI is InChI=1S/C24H26F3N5O3S/c1-3-19-12-29-23(36-19)16-8-15(9-17(10-16)35-13-18-11-28-6-7-34-18)22(33)30-14(2)20-4-5-21(32-31-20)24(25,26)27/h4-5,8-10,12,14,18,28H,3,6-7,11,13H2,1-2H3,(H,30,33)/t14?,18-/m1/s1. The maximum atomic E-state index is 13.1. The molecule has 1 aliphatic heterocycles. The Hall–Kier alpha value is -3.09. The van der Waals surface area contributed by atoms with Crippen LogP contribution in [0, 0.1) is 0 Å². The summed E-state index contributed by atoms with van der Waals surface area (Å²) in [7, 11) is 0. The van der Waals surface area contributed by atoms with Gasteiger partial charge in [0.1, 0.15) is 23.5 Å². The summed E-state index contributed by atoms with van der Waals surface area (Å²) in [5.74, 6) is 0.0563. The fourth-order valence-corrected chi connectivity index (χ4v) is 4.38. The fourth-order valence-electron chi connectivity index (χ4n) is 3.54. The number of thiazole rings is 1. The minimum atomic E-state index is -4.58. The number of amides is 1. The van der Waals surface area contributed by atoms with Crippen molar-refractivity contribution in [1.82, 2.24) is 25.8 Å². The number of hydrogen-bond acceptors (Lipinski definition) is 8. The number of nitrogens with zero attached hydrogens (tertiary/aromatic N) is 3. The molecule has 1 aromatic carbocycles. The van der Waals surface area contributed by atoms with E-state index in [1.54, 1.807) is 25.3 Å². The van der Waals surface area contributed by atoms with Gasteiger partial charge in [-0.2, -0.15) is 18.3 Å². The number of aryl methyl sites for hydroxylation is 1. The minimum absolute atomic E-state index is 0.107. The molecule has 192 valence electrons. The molecular formula is C24H26F3N5O3S. The van der Waals surface area contributed by atoms with Crippen molar-refractivity contribution >= 4 is 17.2 Å². The van der Waals surface area contributed by atoms with Crippen molar-refractivity contribution in [2.45, 2.75) is 38.6 Å². The monoisotopic (exact) mass is 521 g/mol. The second-order valence-electron chi connectivity index (χ2n) is 8.28. The molecule has 1 unspecified atom stereocenters. The lowest BCUT2D eigenvalue weighted by Crippen LogP contribution is -2.41. The van der Waals surface area contributed by atoms with Gasteiger partial charge in [-0.3, -0.25) is 4.79 Å². The van der Waals surface area contributed by atoms with Crippen molar-refractivity contribution in [3.05, 3.63) is 58.4 Å². The summed E-state index contributed by atoms with van der Waals surface area (Å²) < 4.78 is 50.0. The van der Waals surface area contributed by atoms with E-state index in [0.29, 0.717) is 31.1 Å². The van der Waals surface area contributed by atoms with Crippen LogP contribution in [0.1, 0.15) is 46.5 Å². The summed E-state index contributed by atoms with van der Waals surface area (Å²) in [6.07, 6.45) is -2.04. The molecule has 3 heterocycles. The highest BCUT2D eigenvalue weighted by molar-refractivity contribution is 7.15. The summed E-state index contributed by atoms with van der Waals surface area (Å²) in [6.45, 7) is 6.04. The summed E-state index contributed by atoms with van der Waals surface area (Å²) >= 11 is 1.53. The number of aromatic nitrogens is 3. The molecule has 0 aliphatic carbocycles. The zero-order valence-electron chi connectivity index (χ0n) is 19.8. The van der Waals surface area contributed by atoms with Gasteiger partial charge in [0, 0.05) is 35.3 Å². The quantitative estimate of drug-likeness (QED) is 0.462. The van der Waals surface area contributed by atoms with Crippen LogP contribution in [0.3, 0.4) is 0 Å². The fraction of sp³-hybridized carbons (Fsp3) is 0.417. The van der Waals surface area contributed by atoms with Gasteiger partial charge in [0.25, 0.3) is 5.91 Å². The first-order valence-corrected chi connectivity index (χ1v) is 12.3. The molecule has 0 radical (unpaired) electrons. The number of ether oxygens (including phenoxy) is 2. The van der Waals surface area contributed by atoms with Gasteiger partial charge in [0.2, 0.25) is 0 Å². The number of carbonyl (C=O) groups is 1. The molecule has 3 aromatic rings. The molecule has 0 bridgehead atoms. The molecule has 36 heavy (non-hydrogen) atoms. The Morgan fingerprint density at radius 3 is 2.78 bits per heavy atom. The number of benzene rings is 1. The number of rotatable bonds is 8. The van der Waals surface area contributed by atoms with Crippen LogP contribution in [-0.4, -0.2) is 53.5 Å². The van der Waals surface area contributed by atoms with E-state index in [-0.39, 0.29) is 11.8 Å². The van der Waals surface area contributed by atoms with E-state index in [0.717, 1.165) is 34.5 Å². The molecule has 1 saturated heterocycles. The van der Waals surface area contributed by atoms with Gasteiger partial charge in [-0.05, 0) is 43.7 Å². The minimum Gasteiger partial charge on any atom is -0.491 e. The topological polar surface area (TPSA) is 98.3 Å². The van der Waals surface area contributed by atoms with E-state index in [1.807, 2.05) is 13.0 Å². The smallest absolute Gasteiger partial charge is 0.435 e. The van der Waals surface area contributed by atoms with Crippen LogP contribution in [0.2, 0.25) is 0 Å². The predicted molar refractivity (Wildman–Crippen MR) is 128 cm³/mol. The van der Waals surface area contributed by atoms with Gasteiger partial charge in [0.15, 0.2) is 5.69 Å². The highest BCUT2D eigenvalue weighted by Gasteiger charge is 2.33. The van der Waals surface area contributed by atoms with E-state index in [4.69, 9.17) is 9.47 Å². The lowest BCUT2D eigenvalue weighted by atomic mass is 10.1. The highest BCUT2D eigenvalue weighted by Crippen LogP contribution is 2.31. The number of hydrogen-bond donors (Lipinski definition) is 2. The van der Waals surface area contributed by atoms with Gasteiger partial charge < -0.3 is 20.1 Å². The van der Waals surface area contributed by atoms with Gasteiger partial charge in [0.05, 0.1) is 18.3 Å². The van der Waals surface area contributed by atoms with Crippen LogP contribution in [-0.2, 0) is 17.3 Å². The molecular weight excluding hydrogens is 495 g/mol. The molecule has 2 N–H and O–H groups in total. The third-order valence-corrected chi connectivity index (χ3v) is 6.72. The van der Waals surface area contributed by atoms with Crippen molar-refractivity contribution in [1.29, 1.82) is 0 Å². The number of nitrogens with one attached hydrogen (secondary N) is 2. The van der Waals surface area contributed by atoms with Crippen molar-refractivity contribution in [2.75, 3.05) is 26.3 Å². The lowest BCUT2D eigenvalue weighted by Gasteiger charge is -2.23. The van der Waals surface area contributed by atoms with Gasteiger partial charge in [-0.1, -0.05) is 6.92 Å². The van der Waals surface area contributed by atoms with Crippen LogP contribution in [0.4, 0.5) is 13.2 Å². The van der Waals surface area contributed by atoms with E-state index >= 15 is 0 Å². The number of alkyl halides is 3. The molecule has 2 aromatic heterocycles. The Bertz CT molecular complexity index is 1180. The summed E-state index contributed by atoms with van der Waals surface area (Å²) in [5, 5.41) is 13.6. The van der Waals surface area contributed by atoms with E-state index < -0.39 is 23.8 Å². The second kappa shape index (κ2) is 11.3. The van der Waals surface area contributed by atoms with Crippen LogP contribution in [0.5, 0.6) is 5.75 Å². The van der Waals surface area contributed by atoms with Crippen LogP contribution in [0.25, 0.3) is 10.6 Å². The molecule has 8 nitrogen and oxygen atoms in total. The summed E-state index contributed by atoms with van der Waals surface area (Å²) in [4.78, 5) is 18.7. The van der Waals surface area contributed by atoms with Crippen molar-refractivity contribution < 1.29 is 27.4 Å². The third kappa shape index (κ3) is 6.56. The number of halogens is 3. The van der Waals surface area contributed by atoms with Crippen molar-refractivity contribution in [2.24, 2.45) is 0 Å². The molecule has 4 rings (SSSR count). The summed E-state index contributed by atoms with van der Waals surface area (Å²) in [6, 6.07) is 6.53. The van der Waals surface area contributed by atoms with Crippen LogP contribution >= 0.6 is 11.3 Å². The number of morpholine rings is 1. The van der Waals surface area contributed by atoms with E-state index in [2.05, 4.69) is 25.8 Å². The molecule has 0 spiro atoms. The van der Waals surface area contributed by atoms with Crippen molar-refractivity contribution in [3.63, 3.8) is 0 Å². The largest absolute Gasteiger partial charge is 0.491 e. The maximum Gasteiger partial charge on any atom is 0.435 e. The molecule has 12 heteroatoms. The van der Waals surface area contributed by atoms with Crippen molar-refractivity contribution in [3.8, 4) is 16.3 Å². The van der Waals surface area contributed by atoms with E-state index in [9.17, 15) is 18.0 Å². The zero-order chi connectivity index (χ0) is 25.7.